The minimum atomic E-state index is -3.32. The third-order valence-corrected chi connectivity index (χ3v) is 8.50. The first-order valence-corrected chi connectivity index (χ1v) is 16.8. The predicted molar refractivity (Wildman–Crippen MR) is 180 cm³/mol. The molecule has 238 valence electrons. The average Bonchev–Trinajstić information content (AvgIpc) is 3.07. The fourth-order valence-corrected chi connectivity index (χ4v) is 5.46. The van der Waals surface area contributed by atoms with Gasteiger partial charge in [-0.05, 0) is 84.2 Å². The van der Waals surface area contributed by atoms with Crippen molar-refractivity contribution < 1.29 is 32.2 Å². The van der Waals surface area contributed by atoms with E-state index in [0.29, 0.717) is 50.2 Å². The number of hydrogen-bond acceptors (Lipinski definition) is 8. The van der Waals surface area contributed by atoms with E-state index < -0.39 is 9.84 Å². The van der Waals surface area contributed by atoms with Gasteiger partial charge in [-0.2, -0.15) is 0 Å². The van der Waals surface area contributed by atoms with Crippen molar-refractivity contribution in [3.63, 3.8) is 0 Å². The smallest absolute Gasteiger partial charge is 0.175 e. The highest BCUT2D eigenvalue weighted by atomic mass is 32.2. The SMILES string of the molecule is CN(CCOCC=O)CCOc1ccc(Oc2c(-c3ccc(S(C)(=O)=O)cc3)ccc3cc(OCc4ccccc4)ccc23)cc1. The minimum Gasteiger partial charge on any atom is -0.492 e. The van der Waals surface area contributed by atoms with Gasteiger partial charge in [0.05, 0.1) is 11.5 Å². The molecule has 0 aliphatic carbocycles. The molecule has 0 amide bonds. The molecule has 0 atom stereocenters. The molecule has 9 heteroatoms. The normalized spacial score (nSPS) is 11.5. The van der Waals surface area contributed by atoms with Crippen LogP contribution >= 0.6 is 0 Å². The van der Waals surface area contributed by atoms with Gasteiger partial charge in [0.15, 0.2) is 9.84 Å². The van der Waals surface area contributed by atoms with Crippen LogP contribution < -0.4 is 14.2 Å². The van der Waals surface area contributed by atoms with Gasteiger partial charge in [0.1, 0.15) is 49.1 Å². The van der Waals surface area contributed by atoms with Gasteiger partial charge >= 0.3 is 0 Å². The first-order valence-electron chi connectivity index (χ1n) is 14.9. The van der Waals surface area contributed by atoms with Crippen molar-refractivity contribution in [2.45, 2.75) is 11.5 Å². The summed E-state index contributed by atoms with van der Waals surface area (Å²) in [6.07, 6.45) is 1.94. The summed E-state index contributed by atoms with van der Waals surface area (Å²) in [7, 11) is -1.35. The van der Waals surface area contributed by atoms with Gasteiger partial charge < -0.3 is 28.6 Å². The lowest BCUT2D eigenvalue weighted by molar-refractivity contribution is -0.111. The fraction of sp³-hybridized carbons (Fsp3) is 0.216. The number of nitrogens with zero attached hydrogens (tertiary/aromatic N) is 1. The monoisotopic (exact) mass is 639 g/mol. The second-order valence-corrected chi connectivity index (χ2v) is 12.9. The number of likely N-dealkylation sites (N-methyl/N-ethyl adjacent to an activating group) is 1. The maximum atomic E-state index is 12.1. The number of aldehydes is 1. The Morgan fingerprint density at radius 2 is 1.43 bits per heavy atom. The zero-order chi connectivity index (χ0) is 32.4. The predicted octanol–water partition coefficient (Wildman–Crippen LogP) is 6.81. The standard InChI is InChI=1S/C37H37NO7S/c1-38(20-23-42-25-22-39)21-24-43-31-11-13-32(14-12-31)45-37-35(29-8-16-34(17-9-29)46(2,40)41)18-10-30-26-33(15-19-36(30)37)44-27-28-6-4-3-5-7-28/h3-19,22,26H,20-21,23-25,27H2,1-2H3. The number of carbonyl (C=O) groups excluding carboxylic acids is 1. The first kappa shape index (κ1) is 32.7. The zero-order valence-corrected chi connectivity index (χ0v) is 26.7. The quantitative estimate of drug-likeness (QED) is 0.0860. The molecule has 8 nitrogen and oxygen atoms in total. The van der Waals surface area contributed by atoms with Gasteiger partial charge in [-0.1, -0.05) is 48.5 Å². The minimum absolute atomic E-state index is 0.110. The summed E-state index contributed by atoms with van der Waals surface area (Å²) in [5, 5.41) is 1.83. The lowest BCUT2D eigenvalue weighted by Crippen LogP contribution is -2.28. The summed E-state index contributed by atoms with van der Waals surface area (Å²) in [5.41, 5.74) is 2.74. The molecule has 0 aliphatic rings. The van der Waals surface area contributed by atoms with Crippen LogP contribution in [0.4, 0.5) is 0 Å². The molecule has 0 aromatic heterocycles. The summed E-state index contributed by atoms with van der Waals surface area (Å²) in [5.74, 6) is 2.73. The van der Waals surface area contributed by atoms with E-state index in [0.717, 1.165) is 39.5 Å². The highest BCUT2D eigenvalue weighted by Crippen LogP contribution is 2.41. The highest BCUT2D eigenvalue weighted by molar-refractivity contribution is 7.90. The maximum absolute atomic E-state index is 12.1. The molecule has 5 rings (SSSR count). The van der Waals surface area contributed by atoms with E-state index in [1.807, 2.05) is 92.0 Å². The lowest BCUT2D eigenvalue weighted by Gasteiger charge is -2.17. The van der Waals surface area contributed by atoms with Crippen LogP contribution in [0, 0.1) is 0 Å². The molecule has 0 radical (unpaired) electrons. The van der Waals surface area contributed by atoms with E-state index in [9.17, 15) is 13.2 Å². The number of ether oxygens (including phenoxy) is 4. The average molecular weight is 640 g/mol. The molecule has 0 fully saturated rings. The Bertz CT molecular complexity index is 1840. The number of rotatable bonds is 16. The van der Waals surface area contributed by atoms with Crippen LogP contribution in [-0.2, 0) is 26.0 Å². The molecule has 46 heavy (non-hydrogen) atoms. The third-order valence-electron chi connectivity index (χ3n) is 7.37. The van der Waals surface area contributed by atoms with Crippen LogP contribution in [0.25, 0.3) is 21.9 Å². The molecule has 0 N–H and O–H groups in total. The van der Waals surface area contributed by atoms with E-state index in [4.69, 9.17) is 18.9 Å². The van der Waals surface area contributed by atoms with Crippen LogP contribution in [0.2, 0.25) is 0 Å². The van der Waals surface area contributed by atoms with Crippen LogP contribution in [-0.4, -0.2) is 65.8 Å². The lowest BCUT2D eigenvalue weighted by atomic mass is 9.99. The van der Waals surface area contributed by atoms with Gasteiger partial charge in [0.25, 0.3) is 0 Å². The van der Waals surface area contributed by atoms with Crippen molar-refractivity contribution in [2.24, 2.45) is 0 Å². The molecule has 0 aliphatic heterocycles. The van der Waals surface area contributed by atoms with Gasteiger partial charge in [0, 0.05) is 30.3 Å². The Morgan fingerprint density at radius 3 is 2.15 bits per heavy atom. The van der Waals surface area contributed by atoms with E-state index in [2.05, 4.69) is 4.90 Å². The van der Waals surface area contributed by atoms with E-state index in [1.54, 1.807) is 24.3 Å². The van der Waals surface area contributed by atoms with Gasteiger partial charge in [-0.25, -0.2) is 8.42 Å². The van der Waals surface area contributed by atoms with Gasteiger partial charge in [0.2, 0.25) is 0 Å². The van der Waals surface area contributed by atoms with Crippen LogP contribution in [0.5, 0.6) is 23.0 Å². The Kier molecular flexibility index (Phi) is 11.0. The number of carbonyl (C=O) groups is 1. The third kappa shape index (κ3) is 8.94. The van der Waals surface area contributed by atoms with E-state index >= 15 is 0 Å². The Labute approximate surface area is 270 Å². The van der Waals surface area contributed by atoms with E-state index in [1.165, 1.54) is 6.26 Å². The number of benzene rings is 5. The molecule has 0 spiro atoms. The maximum Gasteiger partial charge on any atom is 0.175 e. The van der Waals surface area contributed by atoms with Crippen molar-refractivity contribution in [1.82, 2.24) is 4.90 Å². The molecular weight excluding hydrogens is 602 g/mol. The summed E-state index contributed by atoms with van der Waals surface area (Å²) >= 11 is 0. The Hall–Kier alpha value is -4.70. The van der Waals surface area contributed by atoms with Crippen LogP contribution in [0.1, 0.15) is 5.56 Å². The van der Waals surface area contributed by atoms with Crippen molar-refractivity contribution in [3.8, 4) is 34.1 Å². The first-order chi connectivity index (χ1) is 22.3. The van der Waals surface area contributed by atoms with Crippen molar-refractivity contribution in [1.29, 1.82) is 0 Å². The molecular formula is C37H37NO7S. The van der Waals surface area contributed by atoms with Crippen LogP contribution in [0.15, 0.2) is 114 Å². The largest absolute Gasteiger partial charge is 0.492 e. The zero-order valence-electron chi connectivity index (χ0n) is 25.9. The van der Waals surface area contributed by atoms with Crippen LogP contribution in [0.3, 0.4) is 0 Å². The molecule has 0 saturated heterocycles. The summed E-state index contributed by atoms with van der Waals surface area (Å²) in [4.78, 5) is 12.7. The van der Waals surface area contributed by atoms with Crippen molar-refractivity contribution >= 4 is 26.9 Å². The molecule has 0 heterocycles. The summed E-state index contributed by atoms with van der Waals surface area (Å²) in [6.45, 7) is 2.96. The number of sulfone groups is 1. The van der Waals surface area contributed by atoms with Crippen molar-refractivity contribution in [2.75, 3.05) is 46.2 Å². The molecule has 5 aromatic carbocycles. The molecule has 0 saturated carbocycles. The highest BCUT2D eigenvalue weighted by Gasteiger charge is 2.15. The molecule has 0 unspecified atom stereocenters. The number of hydrogen-bond donors (Lipinski definition) is 0. The Balaban J connectivity index is 1.35. The van der Waals surface area contributed by atoms with E-state index in [-0.39, 0.29) is 11.5 Å². The van der Waals surface area contributed by atoms with Gasteiger partial charge in [-0.3, -0.25) is 0 Å². The topological polar surface area (TPSA) is 91.4 Å². The fourth-order valence-electron chi connectivity index (χ4n) is 4.83. The Morgan fingerprint density at radius 1 is 0.739 bits per heavy atom. The summed E-state index contributed by atoms with van der Waals surface area (Å²) in [6, 6.07) is 34.2. The van der Waals surface area contributed by atoms with Crippen molar-refractivity contribution in [3.05, 3.63) is 115 Å². The number of fused-ring (bicyclic) bond motifs is 1. The second kappa shape index (κ2) is 15.5. The second-order valence-electron chi connectivity index (χ2n) is 10.9. The molecule has 5 aromatic rings. The summed E-state index contributed by atoms with van der Waals surface area (Å²) < 4.78 is 47.9. The molecule has 0 bridgehead atoms. The van der Waals surface area contributed by atoms with Gasteiger partial charge in [-0.15, -0.1) is 0 Å².